The lowest BCUT2D eigenvalue weighted by Gasteiger charge is -2.12. The van der Waals surface area contributed by atoms with Crippen LogP contribution < -0.4 is 5.46 Å². The van der Waals surface area contributed by atoms with E-state index in [-0.39, 0.29) is 0 Å². The Labute approximate surface area is 232 Å². The van der Waals surface area contributed by atoms with Crippen LogP contribution in [0.5, 0.6) is 0 Å². The molecule has 6 aromatic carbocycles. The van der Waals surface area contributed by atoms with Gasteiger partial charge in [0.05, 0.1) is 11.0 Å². The maximum atomic E-state index is 2.47. The third-order valence-electron chi connectivity index (χ3n) is 7.89. The minimum Gasteiger partial charge on any atom is -0.309 e. The molecular formula is C36H24BNS. The molecule has 0 unspecified atom stereocenters. The van der Waals surface area contributed by atoms with Crippen LogP contribution in [0.3, 0.4) is 0 Å². The highest BCUT2D eigenvalue weighted by molar-refractivity contribution is 7.26. The van der Waals surface area contributed by atoms with Gasteiger partial charge in [-0.2, -0.15) is 0 Å². The van der Waals surface area contributed by atoms with E-state index in [1.54, 1.807) is 0 Å². The van der Waals surface area contributed by atoms with Crippen LogP contribution in [-0.2, 0) is 0 Å². The normalized spacial score (nSPS) is 11.7. The summed E-state index contributed by atoms with van der Waals surface area (Å²) < 4.78 is 5.19. The molecule has 0 atom stereocenters. The zero-order chi connectivity index (χ0) is 25.9. The molecule has 0 saturated carbocycles. The van der Waals surface area contributed by atoms with Gasteiger partial charge in [0.25, 0.3) is 0 Å². The zero-order valence-corrected chi connectivity index (χ0v) is 22.4. The third kappa shape index (κ3) is 3.54. The molecular weight excluding hydrogens is 489 g/mol. The number of nitrogens with zero attached hydrogens (tertiary/aromatic N) is 1. The predicted octanol–water partition coefficient (Wildman–Crippen LogP) is 8.74. The Morgan fingerprint density at radius 3 is 1.64 bits per heavy atom. The summed E-state index contributed by atoms with van der Waals surface area (Å²) in [5.74, 6) is 0. The highest BCUT2D eigenvalue weighted by atomic mass is 32.1. The number of aromatic nitrogens is 1. The monoisotopic (exact) mass is 513 g/mol. The van der Waals surface area contributed by atoms with Crippen molar-refractivity contribution >= 4 is 66.6 Å². The summed E-state index contributed by atoms with van der Waals surface area (Å²) in [6, 6.07) is 48.7. The van der Waals surface area contributed by atoms with Gasteiger partial charge in [0.2, 0.25) is 0 Å². The van der Waals surface area contributed by atoms with Gasteiger partial charge in [-0.05, 0) is 52.6 Å². The molecule has 0 aliphatic heterocycles. The molecule has 2 heterocycles. The van der Waals surface area contributed by atoms with Gasteiger partial charge < -0.3 is 4.57 Å². The standard InChI is InChI=1S/C36H24BNS/c37-32-22-27(21-31-30-13-7-8-14-35(30)39-36(31)32)38-33-19-25(23-9-3-1-4-10-23)15-17-28(33)29-18-16-26(20-34(29)38)24-11-5-2-6-12-24/h1-22H,37H2. The molecule has 8 aromatic rings. The lowest BCUT2D eigenvalue weighted by molar-refractivity contribution is 1.19. The second-order valence-electron chi connectivity index (χ2n) is 10.3. The molecule has 1 nitrogen and oxygen atoms in total. The Bertz CT molecular complexity index is 2070. The van der Waals surface area contributed by atoms with Crippen molar-refractivity contribution < 1.29 is 0 Å². The van der Waals surface area contributed by atoms with E-state index in [2.05, 4.69) is 146 Å². The Kier molecular flexibility index (Phi) is 5.01. The van der Waals surface area contributed by atoms with Crippen LogP contribution >= 0.6 is 11.3 Å². The zero-order valence-electron chi connectivity index (χ0n) is 21.6. The highest BCUT2D eigenvalue weighted by Gasteiger charge is 2.17. The summed E-state index contributed by atoms with van der Waals surface area (Å²) in [5.41, 5.74) is 9.91. The van der Waals surface area contributed by atoms with E-state index in [9.17, 15) is 0 Å². The average molecular weight is 513 g/mol. The Morgan fingerprint density at radius 1 is 0.462 bits per heavy atom. The second-order valence-corrected chi connectivity index (χ2v) is 11.3. The maximum absolute atomic E-state index is 2.47. The first kappa shape index (κ1) is 22.4. The SMILES string of the molecule is Bc1cc(-n2c3cc(-c4ccccc4)ccc3c3ccc(-c4ccccc4)cc32)cc2c1sc1ccccc12. The van der Waals surface area contributed by atoms with Crippen molar-refractivity contribution in [1.82, 2.24) is 4.57 Å². The van der Waals surface area contributed by atoms with E-state index in [1.807, 2.05) is 11.3 Å². The van der Waals surface area contributed by atoms with Crippen LogP contribution in [0.25, 0.3) is 69.9 Å². The Hall–Kier alpha value is -4.60. The van der Waals surface area contributed by atoms with Crippen LogP contribution in [0.4, 0.5) is 0 Å². The fourth-order valence-electron chi connectivity index (χ4n) is 6.02. The summed E-state index contributed by atoms with van der Waals surface area (Å²) in [6.45, 7) is 0. The molecule has 39 heavy (non-hydrogen) atoms. The first-order chi connectivity index (χ1) is 19.2. The first-order valence-corrected chi connectivity index (χ1v) is 14.2. The van der Waals surface area contributed by atoms with Crippen molar-refractivity contribution in [2.75, 3.05) is 0 Å². The molecule has 0 aliphatic rings. The molecule has 0 amide bonds. The number of hydrogen-bond acceptors (Lipinski definition) is 1. The van der Waals surface area contributed by atoms with Crippen molar-refractivity contribution in [3.05, 3.63) is 133 Å². The van der Waals surface area contributed by atoms with E-state index < -0.39 is 0 Å². The number of hydrogen-bond donors (Lipinski definition) is 0. The molecule has 2 aromatic heterocycles. The molecule has 0 radical (unpaired) electrons. The summed E-state index contributed by atoms with van der Waals surface area (Å²) in [6.07, 6.45) is 0. The van der Waals surface area contributed by atoms with E-state index in [0.29, 0.717) is 0 Å². The van der Waals surface area contributed by atoms with Crippen molar-refractivity contribution in [2.45, 2.75) is 0 Å². The van der Waals surface area contributed by atoms with Gasteiger partial charge >= 0.3 is 0 Å². The van der Waals surface area contributed by atoms with Gasteiger partial charge in [-0.25, -0.2) is 0 Å². The number of benzene rings is 6. The first-order valence-electron chi connectivity index (χ1n) is 13.4. The lowest BCUT2D eigenvalue weighted by Crippen LogP contribution is -2.05. The summed E-state index contributed by atoms with van der Waals surface area (Å²) in [4.78, 5) is 0. The van der Waals surface area contributed by atoms with Gasteiger partial charge in [0.15, 0.2) is 0 Å². The van der Waals surface area contributed by atoms with Gasteiger partial charge in [0.1, 0.15) is 7.85 Å². The predicted molar refractivity (Wildman–Crippen MR) is 173 cm³/mol. The van der Waals surface area contributed by atoms with Crippen LogP contribution in [0.2, 0.25) is 0 Å². The molecule has 0 saturated heterocycles. The van der Waals surface area contributed by atoms with Gasteiger partial charge in [-0.15, -0.1) is 11.3 Å². The van der Waals surface area contributed by atoms with Crippen LogP contribution in [0, 0.1) is 0 Å². The molecule has 0 N–H and O–H groups in total. The molecule has 0 bridgehead atoms. The fraction of sp³-hybridized carbons (Fsp3) is 0. The van der Waals surface area contributed by atoms with Gasteiger partial charge in [0, 0.05) is 36.6 Å². The van der Waals surface area contributed by atoms with E-state index >= 15 is 0 Å². The smallest absolute Gasteiger partial charge is 0.141 e. The number of fused-ring (bicyclic) bond motifs is 6. The van der Waals surface area contributed by atoms with Gasteiger partial charge in [-0.3, -0.25) is 0 Å². The Morgan fingerprint density at radius 2 is 1.03 bits per heavy atom. The average Bonchev–Trinajstić information content (AvgIpc) is 3.53. The molecule has 0 aliphatic carbocycles. The molecule has 3 heteroatoms. The highest BCUT2D eigenvalue weighted by Crippen LogP contribution is 2.39. The van der Waals surface area contributed by atoms with Crippen molar-refractivity contribution in [1.29, 1.82) is 0 Å². The van der Waals surface area contributed by atoms with E-state index in [4.69, 9.17) is 0 Å². The molecule has 0 fully saturated rings. The number of rotatable bonds is 3. The number of thiophene rings is 1. The van der Waals surface area contributed by atoms with Crippen LogP contribution in [-0.4, -0.2) is 12.4 Å². The van der Waals surface area contributed by atoms with E-state index in [1.165, 1.54) is 75.4 Å². The molecule has 0 spiro atoms. The quantitative estimate of drug-likeness (QED) is 0.208. The van der Waals surface area contributed by atoms with Crippen LogP contribution in [0.15, 0.2) is 133 Å². The minimum absolute atomic E-state index is 1.21. The Balaban J connectivity index is 1.48. The topological polar surface area (TPSA) is 4.93 Å². The summed E-state index contributed by atoms with van der Waals surface area (Å²) >= 11 is 1.89. The van der Waals surface area contributed by atoms with Crippen LogP contribution in [0.1, 0.15) is 0 Å². The minimum atomic E-state index is 1.21. The molecule has 8 rings (SSSR count). The largest absolute Gasteiger partial charge is 0.309 e. The van der Waals surface area contributed by atoms with E-state index in [0.717, 1.165) is 0 Å². The maximum Gasteiger partial charge on any atom is 0.141 e. The second kappa shape index (κ2) is 8.73. The van der Waals surface area contributed by atoms with Crippen molar-refractivity contribution in [2.24, 2.45) is 0 Å². The van der Waals surface area contributed by atoms with Gasteiger partial charge in [-0.1, -0.05) is 109 Å². The fourth-order valence-corrected chi connectivity index (χ4v) is 7.18. The summed E-state index contributed by atoms with van der Waals surface area (Å²) in [7, 11) is 2.25. The third-order valence-corrected chi connectivity index (χ3v) is 9.21. The molecule has 182 valence electrons. The summed E-state index contributed by atoms with van der Waals surface area (Å²) in [5, 5.41) is 5.21. The van der Waals surface area contributed by atoms with Crippen molar-refractivity contribution in [3.8, 4) is 27.9 Å². The lowest BCUT2D eigenvalue weighted by atomic mass is 9.93. The van der Waals surface area contributed by atoms with Crippen molar-refractivity contribution in [3.63, 3.8) is 0 Å².